The van der Waals surface area contributed by atoms with E-state index in [1.807, 2.05) is 6.92 Å². The van der Waals surface area contributed by atoms with Gasteiger partial charge in [-0.2, -0.15) is 13.2 Å². The number of benzene rings is 2. The molecule has 0 aliphatic heterocycles. The van der Waals surface area contributed by atoms with E-state index in [1.54, 1.807) is 24.3 Å². The number of carbonyl (C=O) groups is 1. The summed E-state index contributed by atoms with van der Waals surface area (Å²) in [6.07, 6.45) is -5.62. The number of alkyl halides is 3. The molecule has 2 aromatic rings. The van der Waals surface area contributed by atoms with Crippen LogP contribution in [0, 0.1) is 6.92 Å². The second-order valence-electron chi connectivity index (χ2n) is 4.96. The summed E-state index contributed by atoms with van der Waals surface area (Å²) in [6.45, 7) is 1.88. The summed E-state index contributed by atoms with van der Waals surface area (Å²) in [4.78, 5) is 11.9. The number of aryl methyl sites for hydroxylation is 1. The summed E-state index contributed by atoms with van der Waals surface area (Å²) in [5.74, 6) is -0.748. The largest absolute Gasteiger partial charge is 0.474 e. The summed E-state index contributed by atoms with van der Waals surface area (Å²) in [6, 6.07) is 11.3. The van der Waals surface area contributed by atoms with Crippen LogP contribution in [0.25, 0.3) is 0 Å². The fraction of sp³-hybridized carbons (Fsp3) is 0.235. The lowest BCUT2D eigenvalue weighted by Gasteiger charge is -2.18. The van der Waals surface area contributed by atoms with Gasteiger partial charge in [-0.15, -0.1) is 0 Å². The zero-order valence-corrected chi connectivity index (χ0v) is 12.6. The normalized spacial score (nSPS) is 12.6. The molecule has 23 heavy (non-hydrogen) atoms. The van der Waals surface area contributed by atoms with Crippen molar-refractivity contribution in [2.75, 3.05) is 7.11 Å². The fourth-order valence-electron chi connectivity index (χ4n) is 1.98. The highest BCUT2D eigenvalue weighted by Gasteiger charge is 2.31. The van der Waals surface area contributed by atoms with Crippen molar-refractivity contribution in [3.63, 3.8) is 0 Å². The molecule has 2 aromatic carbocycles. The van der Waals surface area contributed by atoms with Crippen molar-refractivity contribution in [3.05, 3.63) is 65.2 Å². The molecular formula is C17H15F3O3. The lowest BCUT2D eigenvalue weighted by Crippen LogP contribution is -2.20. The first kappa shape index (κ1) is 16.9. The average molecular weight is 324 g/mol. The Kier molecular flexibility index (Phi) is 4.93. The van der Waals surface area contributed by atoms with E-state index >= 15 is 0 Å². The molecule has 0 radical (unpaired) electrons. The molecule has 0 bridgehead atoms. The number of esters is 1. The molecule has 0 amide bonds. The van der Waals surface area contributed by atoms with E-state index in [0.29, 0.717) is 5.56 Å². The Morgan fingerprint density at radius 3 is 2.30 bits per heavy atom. The maximum absolute atomic E-state index is 12.8. The highest BCUT2D eigenvalue weighted by Crippen LogP contribution is 2.32. The van der Waals surface area contributed by atoms with Gasteiger partial charge in [-0.25, -0.2) is 4.79 Å². The van der Waals surface area contributed by atoms with Crippen LogP contribution in [0.4, 0.5) is 13.2 Å². The van der Waals surface area contributed by atoms with Gasteiger partial charge in [0.1, 0.15) is 5.75 Å². The zero-order chi connectivity index (χ0) is 17.0. The van der Waals surface area contributed by atoms with Gasteiger partial charge in [0.2, 0.25) is 6.10 Å². The first-order valence-corrected chi connectivity index (χ1v) is 6.79. The third kappa shape index (κ3) is 4.25. The Morgan fingerprint density at radius 1 is 1.09 bits per heavy atom. The Labute approximate surface area is 131 Å². The molecule has 0 aromatic heterocycles. The van der Waals surface area contributed by atoms with Crippen LogP contribution in [0.2, 0.25) is 0 Å². The molecule has 0 aliphatic carbocycles. The Bertz CT molecular complexity index is 678. The topological polar surface area (TPSA) is 35.5 Å². The van der Waals surface area contributed by atoms with Gasteiger partial charge in [0, 0.05) is 5.56 Å². The van der Waals surface area contributed by atoms with Crippen molar-refractivity contribution in [3.8, 4) is 5.75 Å². The van der Waals surface area contributed by atoms with E-state index < -0.39 is 23.8 Å². The fourth-order valence-corrected chi connectivity index (χ4v) is 1.98. The maximum atomic E-state index is 12.8. The standard InChI is InChI=1S/C17H15F3O3/c1-11-6-8-12(9-7-11)15(16(21)22-2)23-14-5-3-4-13(10-14)17(18,19)20/h3-10,15H,1-2H3. The molecule has 2 rings (SSSR count). The summed E-state index contributed by atoms with van der Waals surface area (Å²) in [7, 11) is 1.19. The minimum atomic E-state index is -4.48. The van der Waals surface area contributed by atoms with Crippen LogP contribution in [0.1, 0.15) is 22.8 Å². The minimum Gasteiger partial charge on any atom is -0.474 e. The molecule has 1 atom stereocenters. The van der Waals surface area contributed by atoms with E-state index in [1.165, 1.54) is 19.2 Å². The second-order valence-corrected chi connectivity index (χ2v) is 4.96. The van der Waals surface area contributed by atoms with Crippen LogP contribution >= 0.6 is 0 Å². The Balaban J connectivity index is 2.32. The summed E-state index contributed by atoms with van der Waals surface area (Å²) < 4.78 is 48.4. The zero-order valence-electron chi connectivity index (χ0n) is 12.6. The van der Waals surface area contributed by atoms with Crippen LogP contribution in [0.15, 0.2) is 48.5 Å². The lowest BCUT2D eigenvalue weighted by molar-refractivity contribution is -0.149. The van der Waals surface area contributed by atoms with Gasteiger partial charge in [-0.1, -0.05) is 35.9 Å². The van der Waals surface area contributed by atoms with Gasteiger partial charge in [-0.05, 0) is 25.1 Å². The Morgan fingerprint density at radius 2 is 1.74 bits per heavy atom. The maximum Gasteiger partial charge on any atom is 0.416 e. The van der Waals surface area contributed by atoms with Crippen LogP contribution in [0.5, 0.6) is 5.75 Å². The van der Waals surface area contributed by atoms with Gasteiger partial charge in [0.15, 0.2) is 0 Å². The number of carbonyl (C=O) groups excluding carboxylic acids is 1. The quantitative estimate of drug-likeness (QED) is 0.786. The smallest absolute Gasteiger partial charge is 0.416 e. The molecule has 0 saturated carbocycles. The van der Waals surface area contributed by atoms with Gasteiger partial charge in [0.05, 0.1) is 12.7 Å². The molecule has 122 valence electrons. The first-order valence-electron chi connectivity index (χ1n) is 6.79. The molecule has 0 N–H and O–H groups in total. The number of rotatable bonds is 4. The van der Waals surface area contributed by atoms with E-state index in [0.717, 1.165) is 17.7 Å². The van der Waals surface area contributed by atoms with Gasteiger partial charge < -0.3 is 9.47 Å². The minimum absolute atomic E-state index is 0.0594. The molecule has 6 heteroatoms. The Hall–Kier alpha value is -2.50. The number of hydrogen-bond acceptors (Lipinski definition) is 3. The van der Waals surface area contributed by atoms with E-state index in [2.05, 4.69) is 4.74 Å². The average Bonchev–Trinajstić information content (AvgIpc) is 2.52. The lowest BCUT2D eigenvalue weighted by atomic mass is 10.1. The van der Waals surface area contributed by atoms with Crippen LogP contribution in [-0.4, -0.2) is 13.1 Å². The number of methoxy groups -OCH3 is 1. The molecule has 0 saturated heterocycles. The highest BCUT2D eigenvalue weighted by molar-refractivity contribution is 5.76. The van der Waals surface area contributed by atoms with Crippen molar-refractivity contribution < 1.29 is 27.4 Å². The predicted octanol–water partition coefficient (Wildman–Crippen LogP) is 4.31. The molecule has 0 heterocycles. The van der Waals surface area contributed by atoms with Gasteiger partial charge >= 0.3 is 12.1 Å². The molecule has 3 nitrogen and oxygen atoms in total. The molecule has 0 spiro atoms. The predicted molar refractivity (Wildman–Crippen MR) is 78.0 cm³/mol. The van der Waals surface area contributed by atoms with E-state index in [4.69, 9.17) is 4.74 Å². The highest BCUT2D eigenvalue weighted by atomic mass is 19.4. The van der Waals surface area contributed by atoms with Crippen LogP contribution in [-0.2, 0) is 15.7 Å². The van der Waals surface area contributed by atoms with Crippen LogP contribution < -0.4 is 4.74 Å². The van der Waals surface area contributed by atoms with Gasteiger partial charge in [0.25, 0.3) is 0 Å². The third-order valence-corrected chi connectivity index (χ3v) is 3.21. The van der Waals surface area contributed by atoms with Gasteiger partial charge in [-0.3, -0.25) is 0 Å². The summed E-state index contributed by atoms with van der Waals surface area (Å²) >= 11 is 0. The summed E-state index contributed by atoms with van der Waals surface area (Å²) in [5, 5.41) is 0. The van der Waals surface area contributed by atoms with E-state index in [9.17, 15) is 18.0 Å². The number of hydrogen-bond donors (Lipinski definition) is 0. The van der Waals surface area contributed by atoms with Crippen molar-refractivity contribution in [1.29, 1.82) is 0 Å². The molecular weight excluding hydrogens is 309 g/mol. The van der Waals surface area contributed by atoms with Crippen molar-refractivity contribution in [1.82, 2.24) is 0 Å². The van der Waals surface area contributed by atoms with Crippen LogP contribution in [0.3, 0.4) is 0 Å². The molecule has 0 fully saturated rings. The third-order valence-electron chi connectivity index (χ3n) is 3.21. The number of ether oxygens (including phenoxy) is 2. The van der Waals surface area contributed by atoms with Crippen molar-refractivity contribution in [2.24, 2.45) is 0 Å². The van der Waals surface area contributed by atoms with Crippen molar-refractivity contribution >= 4 is 5.97 Å². The SMILES string of the molecule is COC(=O)C(Oc1cccc(C(F)(F)F)c1)c1ccc(C)cc1. The summed E-state index contributed by atoms with van der Waals surface area (Å²) in [5.41, 5.74) is 0.638. The van der Waals surface area contributed by atoms with E-state index in [-0.39, 0.29) is 5.75 Å². The first-order chi connectivity index (χ1) is 10.8. The number of halogens is 3. The monoisotopic (exact) mass is 324 g/mol. The van der Waals surface area contributed by atoms with Crippen molar-refractivity contribution in [2.45, 2.75) is 19.2 Å². The molecule has 1 unspecified atom stereocenters. The second kappa shape index (κ2) is 6.73. The molecule has 0 aliphatic rings.